The van der Waals surface area contributed by atoms with Crippen LogP contribution in [0.1, 0.15) is 0 Å². The molecule has 0 aliphatic rings. The number of aromatic nitrogens is 2. The first-order chi connectivity index (χ1) is 6.72. The fourth-order valence-corrected chi connectivity index (χ4v) is 4.32. The van der Waals surface area contributed by atoms with Crippen LogP contribution < -0.4 is 0 Å². The number of hydrogen-bond acceptors (Lipinski definition) is 3. The van der Waals surface area contributed by atoms with Gasteiger partial charge in [-0.3, -0.25) is 0 Å². The van der Waals surface area contributed by atoms with Crippen molar-refractivity contribution in [2.45, 2.75) is 0 Å². The van der Waals surface area contributed by atoms with Crippen LogP contribution in [0.4, 0.5) is 0 Å². The van der Waals surface area contributed by atoms with Crippen LogP contribution in [0.3, 0.4) is 0 Å². The lowest BCUT2D eigenvalue weighted by Crippen LogP contribution is -1.86. The molecule has 2 heterocycles. The molecule has 7 heteroatoms. The maximum absolute atomic E-state index is 9.26. The summed E-state index contributed by atoms with van der Waals surface area (Å²) in [4.78, 5) is 4.22. The molecule has 2 rings (SSSR count). The molecule has 0 aliphatic carbocycles. The molecule has 82 valence electrons. The van der Waals surface area contributed by atoms with Crippen LogP contribution in [0.15, 0.2) is 24.5 Å². The molecule has 0 saturated heterocycles. The summed E-state index contributed by atoms with van der Waals surface area (Å²) >= 11 is 2.30. The number of pyridine rings is 1. The molecule has 2 aromatic heterocycles. The number of aromatic hydroxyl groups is 1. The number of nitrogens with zero attached hydrogens (tertiary/aromatic N) is 2. The van der Waals surface area contributed by atoms with Crippen LogP contribution in [-0.4, -0.2) is 21.1 Å². The molecule has 0 aliphatic heterocycles. The van der Waals surface area contributed by atoms with Crippen molar-refractivity contribution >= 4 is 61.6 Å². The molecule has 0 radical (unpaired) electrons. The zero-order chi connectivity index (χ0) is 10.1. The van der Waals surface area contributed by atoms with Gasteiger partial charge < -0.3 is 9.44 Å². The highest BCUT2D eigenvalue weighted by Crippen LogP contribution is 2.53. The first kappa shape index (κ1) is 13.4. The summed E-state index contributed by atoms with van der Waals surface area (Å²) in [7, 11) is 1.53. The van der Waals surface area contributed by atoms with Crippen molar-refractivity contribution in [1.82, 2.24) is 9.32 Å². The van der Waals surface area contributed by atoms with E-state index in [1.54, 1.807) is 14.6 Å². The predicted molar refractivity (Wildman–Crippen MR) is 81.6 cm³/mol. The van der Waals surface area contributed by atoms with E-state index in [1.165, 1.54) is 6.20 Å². The number of halogens is 1. The Hall–Kier alpha value is 0.350. The number of hydrogen-bond donors (Lipinski definition) is 1. The van der Waals surface area contributed by atoms with Crippen LogP contribution in [0.2, 0.25) is 0 Å². The van der Waals surface area contributed by atoms with Gasteiger partial charge in [-0.2, -0.15) is 13.5 Å². The highest BCUT2D eigenvalue weighted by molar-refractivity contribution is 14.2. The zero-order valence-corrected chi connectivity index (χ0v) is 12.8. The monoisotopic (exact) mass is 372 g/mol. The zero-order valence-electron chi connectivity index (χ0n) is 7.88. The highest BCUT2D eigenvalue weighted by atomic mass is 127. The van der Waals surface area contributed by atoms with Gasteiger partial charge >= 0.3 is 0 Å². The van der Waals surface area contributed by atoms with Crippen molar-refractivity contribution in [2.24, 2.45) is 0 Å². The largest absolute Gasteiger partial charge is 0.506 e. The van der Waals surface area contributed by atoms with Crippen LogP contribution in [0, 0.1) is 0 Å². The molecule has 0 fully saturated rings. The van der Waals surface area contributed by atoms with E-state index in [0.717, 1.165) is 11.0 Å². The van der Waals surface area contributed by atoms with E-state index in [4.69, 9.17) is 0 Å². The first-order valence-electron chi connectivity index (χ1n) is 3.91. The lowest BCUT2D eigenvalue weighted by Gasteiger charge is -2.09. The van der Waals surface area contributed by atoms with Gasteiger partial charge in [-0.15, -0.1) is 0 Å². The quantitative estimate of drug-likeness (QED) is 0.645. The van der Waals surface area contributed by atoms with E-state index >= 15 is 0 Å². The molecule has 0 aromatic carbocycles. The Bertz CT molecular complexity index is 465. The average molecular weight is 372 g/mol. The molecule has 0 saturated carbocycles. The van der Waals surface area contributed by atoms with Gasteiger partial charge in [-0.25, -0.2) is 4.98 Å². The number of rotatable bonds is 2. The Labute approximate surface area is 112 Å². The second kappa shape index (κ2) is 5.61. The van der Waals surface area contributed by atoms with E-state index in [0.29, 0.717) is 0 Å². The molecule has 1 atom stereocenters. The molecule has 0 amide bonds. The van der Waals surface area contributed by atoms with Crippen molar-refractivity contribution in [3.8, 4) is 5.75 Å². The summed E-state index contributed by atoms with van der Waals surface area (Å²) in [6, 6.07) is 3.72. The lowest BCUT2D eigenvalue weighted by molar-refractivity contribution is 0.474. The van der Waals surface area contributed by atoms with E-state index in [2.05, 4.69) is 37.2 Å². The predicted octanol–water partition coefficient (Wildman–Crippen LogP) is 3.73. The fourth-order valence-electron chi connectivity index (χ4n) is 1.26. The third-order valence-electron chi connectivity index (χ3n) is 1.90. The van der Waals surface area contributed by atoms with Crippen LogP contribution in [-0.2, 0) is 0 Å². The fraction of sp³-hybridized carbons (Fsp3) is 0.125. The molecule has 1 N–H and O–H groups in total. The van der Waals surface area contributed by atoms with Crippen molar-refractivity contribution in [2.75, 3.05) is 6.66 Å². The van der Waals surface area contributed by atoms with Gasteiger partial charge in [0.05, 0.1) is 13.5 Å². The van der Waals surface area contributed by atoms with Crippen LogP contribution in [0.25, 0.3) is 11.0 Å². The maximum atomic E-state index is 9.26. The normalized spacial score (nSPS) is 12.4. The summed E-state index contributed by atoms with van der Waals surface area (Å²) in [5.41, 5.74) is 0.945. The molecule has 15 heavy (non-hydrogen) atoms. The minimum Gasteiger partial charge on any atom is -0.506 e. The van der Waals surface area contributed by atoms with Crippen molar-refractivity contribution < 1.29 is 5.11 Å². The van der Waals surface area contributed by atoms with Crippen LogP contribution >= 0.6 is 50.5 Å². The van der Waals surface area contributed by atoms with Crippen molar-refractivity contribution in [3.05, 3.63) is 24.5 Å². The molecular weight excluding hydrogens is 362 g/mol. The molecular formula is C8H10IN2OPS2. The molecule has 1 unspecified atom stereocenters. The maximum Gasteiger partial charge on any atom is 0.144 e. The Balaban J connectivity index is 0.00000112. The molecule has 0 spiro atoms. The summed E-state index contributed by atoms with van der Waals surface area (Å²) in [6.45, 7) is 2.18. The Morgan fingerprint density at radius 1 is 1.60 bits per heavy atom. The second-order valence-electron chi connectivity index (χ2n) is 2.80. The smallest absolute Gasteiger partial charge is 0.144 e. The highest BCUT2D eigenvalue weighted by Gasteiger charge is 2.08. The van der Waals surface area contributed by atoms with Gasteiger partial charge in [0.2, 0.25) is 0 Å². The van der Waals surface area contributed by atoms with Gasteiger partial charge in [-0.05, 0) is 27.4 Å². The minimum absolute atomic E-state index is 0. The van der Waals surface area contributed by atoms with Gasteiger partial charge in [0.15, 0.2) is 0 Å². The van der Waals surface area contributed by atoms with E-state index in [1.807, 2.05) is 12.3 Å². The van der Waals surface area contributed by atoms with Crippen molar-refractivity contribution in [3.63, 3.8) is 0 Å². The second-order valence-corrected chi connectivity index (χ2v) is 9.84. The average Bonchev–Trinajstić information content (AvgIpc) is 2.59. The standard InChI is InChI=1S/C8H8IN2OPS.H2S/c1-13(14-9)11-3-2-6-4-7(12)5-10-8(6)11;/h2-5,12H,1H3;1H2. The van der Waals surface area contributed by atoms with Crippen LogP contribution in [0.5, 0.6) is 5.75 Å². The van der Waals surface area contributed by atoms with Crippen molar-refractivity contribution in [1.29, 1.82) is 0 Å². The van der Waals surface area contributed by atoms with E-state index in [9.17, 15) is 5.11 Å². The summed E-state index contributed by atoms with van der Waals surface area (Å²) in [5.74, 6) is 0.220. The summed E-state index contributed by atoms with van der Waals surface area (Å²) in [6.07, 6.45) is 3.51. The van der Waals surface area contributed by atoms with Gasteiger partial charge in [0, 0.05) is 32.8 Å². The lowest BCUT2D eigenvalue weighted by atomic mass is 10.3. The first-order valence-corrected chi connectivity index (χ1v) is 9.62. The molecule has 3 nitrogen and oxygen atoms in total. The Morgan fingerprint density at radius 2 is 2.33 bits per heavy atom. The topological polar surface area (TPSA) is 38.0 Å². The molecule has 0 bridgehead atoms. The third-order valence-corrected chi connectivity index (χ3v) is 9.28. The molecule has 2 aromatic rings. The van der Waals surface area contributed by atoms with Gasteiger partial charge in [0.25, 0.3) is 0 Å². The third kappa shape index (κ3) is 2.72. The summed E-state index contributed by atoms with van der Waals surface area (Å²) < 4.78 is 2.15. The summed E-state index contributed by atoms with van der Waals surface area (Å²) in [5, 5.41) is 10.3. The minimum atomic E-state index is -0.270. The van der Waals surface area contributed by atoms with Gasteiger partial charge in [0.1, 0.15) is 11.4 Å². The van der Waals surface area contributed by atoms with Gasteiger partial charge in [-0.1, -0.05) is 0 Å². The Morgan fingerprint density at radius 3 is 3.00 bits per heavy atom. The Kier molecular flexibility index (Phi) is 5.02. The SMILES string of the molecule is CP(SI)n1ccc2cc(O)cnc21.S. The van der Waals surface area contributed by atoms with E-state index in [-0.39, 0.29) is 26.5 Å². The van der Waals surface area contributed by atoms with E-state index < -0.39 is 0 Å². The number of fused-ring (bicyclic) bond motifs is 1.